The Hall–Kier alpha value is -2.40. The molecule has 2 rings (SSSR count). The van der Waals surface area contributed by atoms with Gasteiger partial charge in [-0.1, -0.05) is 24.8 Å². The zero-order valence-electron chi connectivity index (χ0n) is 12.0. The highest BCUT2D eigenvalue weighted by Crippen LogP contribution is 2.26. The molecule has 114 valence electrons. The molecule has 1 aromatic heterocycles. The predicted molar refractivity (Wildman–Crippen MR) is 84.5 cm³/mol. The van der Waals surface area contributed by atoms with Crippen LogP contribution in [-0.2, 0) is 13.7 Å². The Kier molecular flexibility index (Phi) is 4.78. The summed E-state index contributed by atoms with van der Waals surface area (Å²) in [5, 5.41) is 0.129. The molecule has 0 fully saturated rings. The first kappa shape index (κ1) is 16.0. The SMILES string of the molecule is C=Cc1nc(COc2cc(Cl)c(C=O)cc2F)n(C)c1C=C. The Bertz CT molecular complexity index is 753. The first-order valence-corrected chi connectivity index (χ1v) is 6.77. The summed E-state index contributed by atoms with van der Waals surface area (Å²) in [4.78, 5) is 15.0. The highest BCUT2D eigenvalue weighted by molar-refractivity contribution is 6.33. The fourth-order valence-corrected chi connectivity index (χ4v) is 2.19. The van der Waals surface area contributed by atoms with Crippen molar-refractivity contribution < 1.29 is 13.9 Å². The second-order valence-electron chi connectivity index (χ2n) is 4.48. The summed E-state index contributed by atoms with van der Waals surface area (Å²) in [7, 11) is 1.80. The topological polar surface area (TPSA) is 44.1 Å². The van der Waals surface area contributed by atoms with Crippen LogP contribution in [0.5, 0.6) is 5.75 Å². The molecule has 0 bridgehead atoms. The largest absolute Gasteiger partial charge is 0.483 e. The molecule has 6 heteroatoms. The van der Waals surface area contributed by atoms with E-state index in [0.717, 1.165) is 11.8 Å². The van der Waals surface area contributed by atoms with Crippen LogP contribution in [0, 0.1) is 5.82 Å². The summed E-state index contributed by atoms with van der Waals surface area (Å²) >= 11 is 5.86. The van der Waals surface area contributed by atoms with Crippen molar-refractivity contribution in [2.24, 2.45) is 7.05 Å². The van der Waals surface area contributed by atoms with Gasteiger partial charge >= 0.3 is 0 Å². The number of aromatic nitrogens is 2. The van der Waals surface area contributed by atoms with E-state index in [-0.39, 0.29) is 22.9 Å². The highest BCUT2D eigenvalue weighted by Gasteiger charge is 2.13. The van der Waals surface area contributed by atoms with E-state index < -0.39 is 5.82 Å². The summed E-state index contributed by atoms with van der Waals surface area (Å²) in [5.41, 5.74) is 1.54. The van der Waals surface area contributed by atoms with Crippen LogP contribution in [0.3, 0.4) is 0 Å². The van der Waals surface area contributed by atoms with Crippen LogP contribution in [0.15, 0.2) is 25.3 Å². The third-order valence-electron chi connectivity index (χ3n) is 3.18. The lowest BCUT2D eigenvalue weighted by Crippen LogP contribution is -2.05. The molecule has 0 amide bonds. The third-order valence-corrected chi connectivity index (χ3v) is 3.51. The van der Waals surface area contributed by atoms with Crippen LogP contribution in [0.2, 0.25) is 5.02 Å². The van der Waals surface area contributed by atoms with Gasteiger partial charge in [0.2, 0.25) is 0 Å². The second-order valence-corrected chi connectivity index (χ2v) is 4.88. The highest BCUT2D eigenvalue weighted by atomic mass is 35.5. The van der Waals surface area contributed by atoms with Crippen LogP contribution in [0.25, 0.3) is 12.2 Å². The molecule has 0 aliphatic heterocycles. The fourth-order valence-electron chi connectivity index (χ4n) is 1.99. The van der Waals surface area contributed by atoms with Crippen molar-refractivity contribution in [3.8, 4) is 5.75 Å². The van der Waals surface area contributed by atoms with E-state index in [1.54, 1.807) is 23.8 Å². The maximum absolute atomic E-state index is 13.8. The van der Waals surface area contributed by atoms with Gasteiger partial charge in [0.1, 0.15) is 12.4 Å². The monoisotopic (exact) mass is 320 g/mol. The number of imidazole rings is 1. The quantitative estimate of drug-likeness (QED) is 0.758. The number of carbonyl (C=O) groups is 1. The van der Waals surface area contributed by atoms with Crippen LogP contribution >= 0.6 is 11.6 Å². The van der Waals surface area contributed by atoms with Gasteiger partial charge in [-0.25, -0.2) is 9.37 Å². The standard InChI is InChI=1S/C16H14ClFN2O2/c1-4-13-14(5-2)20(3)16(19-13)9-22-15-7-11(17)10(8-21)6-12(15)18/h4-8H,1-2,9H2,3H3. The lowest BCUT2D eigenvalue weighted by Gasteiger charge is -2.09. The normalized spacial score (nSPS) is 10.3. The molecule has 0 radical (unpaired) electrons. The molecule has 0 unspecified atom stereocenters. The van der Waals surface area contributed by atoms with Crippen molar-refractivity contribution in [3.05, 3.63) is 58.9 Å². The van der Waals surface area contributed by atoms with Crippen LogP contribution in [0.4, 0.5) is 4.39 Å². The molecule has 22 heavy (non-hydrogen) atoms. The Labute approximate surface area is 132 Å². The van der Waals surface area contributed by atoms with Gasteiger partial charge in [-0.3, -0.25) is 4.79 Å². The Morgan fingerprint density at radius 1 is 1.41 bits per heavy atom. The smallest absolute Gasteiger partial charge is 0.165 e. The molecular formula is C16H14ClFN2O2. The van der Waals surface area contributed by atoms with Gasteiger partial charge in [0.15, 0.2) is 17.9 Å². The van der Waals surface area contributed by atoms with E-state index in [4.69, 9.17) is 16.3 Å². The van der Waals surface area contributed by atoms with Gasteiger partial charge in [0, 0.05) is 18.7 Å². The summed E-state index contributed by atoms with van der Waals surface area (Å²) < 4.78 is 21.0. The molecule has 0 aliphatic rings. The molecule has 0 N–H and O–H groups in total. The van der Waals surface area contributed by atoms with E-state index in [1.807, 2.05) is 0 Å². The molecule has 0 saturated heterocycles. The van der Waals surface area contributed by atoms with Gasteiger partial charge < -0.3 is 9.30 Å². The van der Waals surface area contributed by atoms with Crippen molar-refractivity contribution in [2.45, 2.75) is 6.61 Å². The lowest BCUT2D eigenvalue weighted by molar-refractivity contribution is 0.112. The van der Waals surface area contributed by atoms with E-state index in [0.29, 0.717) is 17.8 Å². The number of nitrogens with zero attached hydrogens (tertiary/aromatic N) is 2. The minimum absolute atomic E-state index is 0.0405. The number of hydrogen-bond donors (Lipinski definition) is 0. The Morgan fingerprint density at radius 2 is 2.14 bits per heavy atom. The van der Waals surface area contributed by atoms with Crippen LogP contribution in [0.1, 0.15) is 27.6 Å². The first-order chi connectivity index (χ1) is 10.5. The Balaban J connectivity index is 2.26. The average molecular weight is 321 g/mol. The number of carbonyl (C=O) groups excluding carboxylic acids is 1. The molecule has 0 saturated carbocycles. The van der Waals surface area contributed by atoms with E-state index in [9.17, 15) is 9.18 Å². The third kappa shape index (κ3) is 2.94. The number of ether oxygens (including phenoxy) is 1. The Morgan fingerprint density at radius 3 is 2.68 bits per heavy atom. The lowest BCUT2D eigenvalue weighted by atomic mass is 10.2. The fraction of sp³-hybridized carbons (Fsp3) is 0.125. The molecule has 2 aromatic rings. The van der Waals surface area contributed by atoms with Gasteiger partial charge in [0.05, 0.1) is 16.4 Å². The van der Waals surface area contributed by atoms with Crippen molar-refractivity contribution in [1.29, 1.82) is 0 Å². The van der Waals surface area contributed by atoms with Crippen LogP contribution in [-0.4, -0.2) is 15.8 Å². The molecule has 1 heterocycles. The first-order valence-electron chi connectivity index (χ1n) is 6.39. The minimum Gasteiger partial charge on any atom is -0.483 e. The molecule has 0 atom stereocenters. The van der Waals surface area contributed by atoms with E-state index in [1.165, 1.54) is 6.07 Å². The van der Waals surface area contributed by atoms with Crippen molar-refractivity contribution >= 4 is 30.0 Å². The molecule has 0 spiro atoms. The number of benzene rings is 1. The summed E-state index contributed by atoms with van der Waals surface area (Å²) in [6.45, 7) is 7.44. The number of aldehydes is 1. The number of halogens is 2. The van der Waals surface area contributed by atoms with Crippen molar-refractivity contribution in [1.82, 2.24) is 9.55 Å². The maximum Gasteiger partial charge on any atom is 0.165 e. The number of rotatable bonds is 6. The van der Waals surface area contributed by atoms with Crippen molar-refractivity contribution in [2.75, 3.05) is 0 Å². The number of hydrogen-bond acceptors (Lipinski definition) is 3. The summed E-state index contributed by atoms with van der Waals surface area (Å²) in [6.07, 6.45) is 3.75. The molecular weight excluding hydrogens is 307 g/mol. The minimum atomic E-state index is -0.659. The average Bonchev–Trinajstić information content (AvgIpc) is 2.83. The zero-order chi connectivity index (χ0) is 16.3. The van der Waals surface area contributed by atoms with Gasteiger partial charge in [-0.2, -0.15) is 0 Å². The summed E-state index contributed by atoms with van der Waals surface area (Å²) in [6, 6.07) is 2.31. The molecule has 4 nitrogen and oxygen atoms in total. The molecule has 1 aromatic carbocycles. The van der Waals surface area contributed by atoms with Gasteiger partial charge in [0.25, 0.3) is 0 Å². The summed E-state index contributed by atoms with van der Waals surface area (Å²) in [5.74, 6) is -0.118. The zero-order valence-corrected chi connectivity index (χ0v) is 12.7. The second kappa shape index (κ2) is 6.58. The predicted octanol–water partition coefficient (Wildman–Crippen LogP) is 3.89. The van der Waals surface area contributed by atoms with Crippen LogP contribution < -0.4 is 4.74 Å². The van der Waals surface area contributed by atoms with Gasteiger partial charge in [-0.05, 0) is 18.2 Å². The maximum atomic E-state index is 13.8. The van der Waals surface area contributed by atoms with Gasteiger partial charge in [-0.15, -0.1) is 0 Å². The van der Waals surface area contributed by atoms with E-state index >= 15 is 0 Å². The van der Waals surface area contributed by atoms with E-state index in [2.05, 4.69) is 18.1 Å². The molecule has 0 aliphatic carbocycles. The van der Waals surface area contributed by atoms with Crippen molar-refractivity contribution in [3.63, 3.8) is 0 Å².